The highest BCUT2D eigenvalue weighted by molar-refractivity contribution is 5.93. The first kappa shape index (κ1) is 15.8. The number of hydrogen-bond donors (Lipinski definition) is 2. The zero-order chi connectivity index (χ0) is 15.2. The first-order chi connectivity index (χ1) is 10.1. The van der Waals surface area contributed by atoms with Crippen LogP contribution in [0.4, 0.5) is 5.69 Å². The SMILES string of the molecule is CC(C)Oc1ccc(NC(=O)C2CCCCCC2N)cc1. The number of rotatable bonds is 4. The molecule has 0 aromatic heterocycles. The summed E-state index contributed by atoms with van der Waals surface area (Å²) in [5, 5.41) is 2.98. The van der Waals surface area contributed by atoms with Crippen LogP contribution in [0.15, 0.2) is 24.3 Å². The number of carbonyl (C=O) groups is 1. The molecule has 2 atom stereocenters. The average molecular weight is 290 g/mol. The van der Waals surface area contributed by atoms with Crippen LogP contribution in [-0.4, -0.2) is 18.1 Å². The fourth-order valence-corrected chi connectivity index (χ4v) is 2.79. The van der Waals surface area contributed by atoms with Crippen molar-refractivity contribution in [1.29, 1.82) is 0 Å². The van der Waals surface area contributed by atoms with Crippen molar-refractivity contribution in [1.82, 2.24) is 0 Å². The summed E-state index contributed by atoms with van der Waals surface area (Å²) in [5.41, 5.74) is 6.93. The van der Waals surface area contributed by atoms with Gasteiger partial charge >= 0.3 is 0 Å². The molecule has 1 aromatic rings. The Morgan fingerprint density at radius 3 is 2.52 bits per heavy atom. The lowest BCUT2D eigenvalue weighted by Gasteiger charge is -2.20. The molecule has 0 saturated heterocycles. The van der Waals surface area contributed by atoms with Gasteiger partial charge in [-0.05, 0) is 51.0 Å². The highest BCUT2D eigenvalue weighted by Crippen LogP contribution is 2.24. The lowest BCUT2D eigenvalue weighted by atomic mass is 9.94. The highest BCUT2D eigenvalue weighted by Gasteiger charge is 2.26. The molecule has 1 amide bonds. The van der Waals surface area contributed by atoms with Crippen molar-refractivity contribution < 1.29 is 9.53 Å². The number of anilines is 1. The standard InChI is InChI=1S/C17H26N2O2/c1-12(2)21-14-10-8-13(9-11-14)19-17(20)15-6-4-3-5-7-16(15)18/h8-12,15-16H,3-7,18H2,1-2H3,(H,19,20). The van der Waals surface area contributed by atoms with Crippen molar-refractivity contribution in [2.75, 3.05) is 5.32 Å². The molecule has 0 aliphatic heterocycles. The number of benzene rings is 1. The number of carbonyl (C=O) groups excluding carboxylic acids is 1. The number of nitrogens with one attached hydrogen (secondary N) is 1. The molecular weight excluding hydrogens is 264 g/mol. The van der Waals surface area contributed by atoms with Crippen LogP contribution in [0.5, 0.6) is 5.75 Å². The quantitative estimate of drug-likeness (QED) is 0.836. The van der Waals surface area contributed by atoms with Crippen LogP contribution in [0, 0.1) is 5.92 Å². The van der Waals surface area contributed by atoms with Crippen LogP contribution in [0.3, 0.4) is 0 Å². The predicted octanol–water partition coefficient (Wildman–Crippen LogP) is 3.32. The van der Waals surface area contributed by atoms with E-state index in [0.717, 1.165) is 37.1 Å². The van der Waals surface area contributed by atoms with Gasteiger partial charge in [-0.1, -0.05) is 19.3 Å². The number of nitrogens with two attached hydrogens (primary N) is 1. The van der Waals surface area contributed by atoms with Crippen molar-refractivity contribution in [3.63, 3.8) is 0 Å². The lowest BCUT2D eigenvalue weighted by molar-refractivity contribution is -0.120. The second-order valence-electron chi connectivity index (χ2n) is 6.09. The molecule has 2 unspecified atom stereocenters. The maximum Gasteiger partial charge on any atom is 0.229 e. The van der Waals surface area contributed by atoms with E-state index in [2.05, 4.69) is 5.32 Å². The molecule has 0 radical (unpaired) electrons. The Bertz CT molecular complexity index is 456. The van der Waals surface area contributed by atoms with Gasteiger partial charge in [-0.25, -0.2) is 0 Å². The minimum atomic E-state index is -0.0703. The summed E-state index contributed by atoms with van der Waals surface area (Å²) in [6.07, 6.45) is 5.38. The van der Waals surface area contributed by atoms with E-state index in [-0.39, 0.29) is 24.0 Å². The number of hydrogen-bond acceptors (Lipinski definition) is 3. The third-order valence-corrected chi connectivity index (χ3v) is 3.90. The van der Waals surface area contributed by atoms with Crippen molar-refractivity contribution in [2.24, 2.45) is 11.7 Å². The van der Waals surface area contributed by atoms with Crippen LogP contribution >= 0.6 is 0 Å². The monoisotopic (exact) mass is 290 g/mol. The third kappa shape index (κ3) is 4.74. The third-order valence-electron chi connectivity index (χ3n) is 3.90. The molecule has 21 heavy (non-hydrogen) atoms. The van der Waals surface area contributed by atoms with Crippen molar-refractivity contribution >= 4 is 11.6 Å². The van der Waals surface area contributed by atoms with E-state index in [4.69, 9.17) is 10.5 Å². The van der Waals surface area contributed by atoms with Crippen LogP contribution in [0.1, 0.15) is 46.0 Å². The van der Waals surface area contributed by atoms with Gasteiger partial charge in [0.15, 0.2) is 0 Å². The lowest BCUT2D eigenvalue weighted by Crippen LogP contribution is -2.37. The zero-order valence-electron chi connectivity index (χ0n) is 13.0. The maximum atomic E-state index is 12.4. The van der Waals surface area contributed by atoms with Crippen LogP contribution in [0.2, 0.25) is 0 Å². The first-order valence-corrected chi connectivity index (χ1v) is 7.89. The van der Waals surface area contributed by atoms with Gasteiger partial charge in [0.2, 0.25) is 5.91 Å². The van der Waals surface area contributed by atoms with Gasteiger partial charge in [-0.2, -0.15) is 0 Å². The molecular formula is C17H26N2O2. The smallest absolute Gasteiger partial charge is 0.229 e. The number of ether oxygens (including phenoxy) is 1. The molecule has 1 aliphatic carbocycles. The van der Waals surface area contributed by atoms with E-state index in [9.17, 15) is 4.79 Å². The minimum Gasteiger partial charge on any atom is -0.491 e. The van der Waals surface area contributed by atoms with E-state index in [1.54, 1.807) is 0 Å². The Morgan fingerprint density at radius 1 is 1.19 bits per heavy atom. The molecule has 4 nitrogen and oxygen atoms in total. The second kappa shape index (κ2) is 7.46. The largest absolute Gasteiger partial charge is 0.491 e. The molecule has 4 heteroatoms. The first-order valence-electron chi connectivity index (χ1n) is 7.89. The van der Waals surface area contributed by atoms with E-state index >= 15 is 0 Å². The summed E-state index contributed by atoms with van der Waals surface area (Å²) in [4.78, 5) is 12.4. The summed E-state index contributed by atoms with van der Waals surface area (Å²) in [6, 6.07) is 7.48. The minimum absolute atomic E-state index is 0.0175. The fraction of sp³-hybridized carbons (Fsp3) is 0.588. The van der Waals surface area contributed by atoms with Gasteiger partial charge in [0, 0.05) is 11.7 Å². The van der Waals surface area contributed by atoms with E-state index in [0.29, 0.717) is 0 Å². The zero-order valence-corrected chi connectivity index (χ0v) is 13.0. The molecule has 116 valence electrons. The van der Waals surface area contributed by atoms with E-state index < -0.39 is 0 Å². The summed E-state index contributed by atoms with van der Waals surface area (Å²) in [5.74, 6) is 0.787. The Labute approximate surface area is 127 Å². The van der Waals surface area contributed by atoms with Crippen molar-refractivity contribution in [3.05, 3.63) is 24.3 Å². The Kier molecular flexibility index (Phi) is 5.62. The summed E-state index contributed by atoms with van der Waals surface area (Å²) < 4.78 is 5.59. The van der Waals surface area contributed by atoms with Gasteiger partial charge < -0.3 is 15.8 Å². The van der Waals surface area contributed by atoms with Crippen LogP contribution < -0.4 is 15.8 Å². The van der Waals surface area contributed by atoms with E-state index in [1.165, 1.54) is 6.42 Å². The van der Waals surface area contributed by atoms with Crippen molar-refractivity contribution in [3.8, 4) is 5.75 Å². The van der Waals surface area contributed by atoms with Gasteiger partial charge in [0.25, 0.3) is 0 Å². The van der Waals surface area contributed by atoms with Gasteiger partial charge in [0.05, 0.1) is 12.0 Å². The average Bonchev–Trinajstić information content (AvgIpc) is 2.65. The highest BCUT2D eigenvalue weighted by atomic mass is 16.5. The van der Waals surface area contributed by atoms with E-state index in [1.807, 2.05) is 38.1 Å². The topological polar surface area (TPSA) is 64.3 Å². The maximum absolute atomic E-state index is 12.4. The van der Waals surface area contributed by atoms with Gasteiger partial charge in [-0.15, -0.1) is 0 Å². The molecule has 1 aromatic carbocycles. The predicted molar refractivity (Wildman–Crippen MR) is 85.4 cm³/mol. The normalized spacial score (nSPS) is 22.7. The molecule has 0 spiro atoms. The molecule has 2 rings (SSSR count). The molecule has 0 heterocycles. The summed E-state index contributed by atoms with van der Waals surface area (Å²) in [6.45, 7) is 3.98. The van der Waals surface area contributed by atoms with Gasteiger partial charge in [-0.3, -0.25) is 4.79 Å². The second-order valence-corrected chi connectivity index (χ2v) is 6.09. The van der Waals surface area contributed by atoms with Crippen molar-refractivity contribution in [2.45, 2.75) is 58.1 Å². The molecule has 1 saturated carbocycles. The van der Waals surface area contributed by atoms with Crippen LogP contribution in [-0.2, 0) is 4.79 Å². The molecule has 3 N–H and O–H groups in total. The molecule has 1 aliphatic rings. The summed E-state index contributed by atoms with van der Waals surface area (Å²) >= 11 is 0. The fourth-order valence-electron chi connectivity index (χ4n) is 2.79. The Balaban J connectivity index is 1.95. The van der Waals surface area contributed by atoms with Gasteiger partial charge in [0.1, 0.15) is 5.75 Å². The molecule has 0 bridgehead atoms. The van der Waals surface area contributed by atoms with Crippen LogP contribution in [0.25, 0.3) is 0 Å². The Morgan fingerprint density at radius 2 is 1.86 bits per heavy atom. The summed E-state index contributed by atoms with van der Waals surface area (Å²) in [7, 11) is 0. The number of amides is 1. The molecule has 1 fully saturated rings. The Hall–Kier alpha value is -1.55.